The number of amides is 1. The predicted octanol–water partition coefficient (Wildman–Crippen LogP) is 3.54. The van der Waals surface area contributed by atoms with Crippen LogP contribution < -0.4 is 15.4 Å². The maximum Gasteiger partial charge on any atom is 0.241 e. The van der Waals surface area contributed by atoms with Gasteiger partial charge >= 0.3 is 0 Å². The molecule has 2 atom stereocenters. The molecule has 2 N–H and O–H groups in total. The summed E-state index contributed by atoms with van der Waals surface area (Å²) in [5.41, 5.74) is 3.27. The molecule has 1 amide bonds. The number of hydrogen-bond acceptors (Lipinski definition) is 3. The van der Waals surface area contributed by atoms with E-state index in [2.05, 4.69) is 10.6 Å². The minimum absolute atomic E-state index is 0.00346. The average Bonchev–Trinajstić information content (AvgIpc) is 3.06. The van der Waals surface area contributed by atoms with E-state index in [0.717, 1.165) is 11.1 Å². The van der Waals surface area contributed by atoms with Crippen LogP contribution in [0.25, 0.3) is 0 Å². The first-order valence-corrected chi connectivity index (χ1v) is 8.43. The van der Waals surface area contributed by atoms with Gasteiger partial charge in [0.1, 0.15) is 11.6 Å². The molecule has 0 saturated carbocycles. The second-order valence-corrected chi connectivity index (χ2v) is 6.61. The molecule has 132 valence electrons. The second-order valence-electron chi connectivity index (χ2n) is 6.61. The van der Waals surface area contributed by atoms with E-state index in [4.69, 9.17) is 4.74 Å². The van der Waals surface area contributed by atoms with Crippen LogP contribution in [0.15, 0.2) is 36.4 Å². The molecule has 5 heteroatoms. The minimum atomic E-state index is -0.350. The topological polar surface area (TPSA) is 50.4 Å². The summed E-state index contributed by atoms with van der Waals surface area (Å²) in [5, 5.41) is 6.10. The van der Waals surface area contributed by atoms with E-state index in [0.29, 0.717) is 30.0 Å². The first-order valence-electron chi connectivity index (χ1n) is 8.43. The number of methoxy groups -OCH3 is 1. The van der Waals surface area contributed by atoms with Crippen molar-refractivity contribution in [3.8, 4) is 5.75 Å². The molecule has 25 heavy (non-hydrogen) atoms. The van der Waals surface area contributed by atoms with E-state index < -0.39 is 0 Å². The minimum Gasteiger partial charge on any atom is -0.495 e. The largest absolute Gasteiger partial charge is 0.495 e. The van der Waals surface area contributed by atoms with Crippen LogP contribution in [0.2, 0.25) is 0 Å². The standard InChI is InChI=1S/C20H23FN2O2/c1-12-4-6-15(16(21)8-12)14-10-18(22-11-14)20(24)23-17-7-5-13(2)9-19(17)25-3/h4-9,14,18,22H,10-11H2,1-3H3,(H,23,24)/t14-,18-/m0/s1. The number of hydrogen-bond donors (Lipinski definition) is 2. The van der Waals surface area contributed by atoms with Gasteiger partial charge < -0.3 is 15.4 Å². The SMILES string of the molecule is COc1cc(C)ccc1NC(=O)[C@@H]1C[C@H](c2ccc(C)cc2F)CN1. The number of anilines is 1. The van der Waals surface area contributed by atoms with Gasteiger partial charge in [-0.15, -0.1) is 0 Å². The van der Waals surface area contributed by atoms with Crippen LogP contribution in [0.3, 0.4) is 0 Å². The average molecular weight is 342 g/mol. The summed E-state index contributed by atoms with van der Waals surface area (Å²) >= 11 is 0. The summed E-state index contributed by atoms with van der Waals surface area (Å²) < 4.78 is 19.5. The van der Waals surface area contributed by atoms with Crippen LogP contribution in [0.5, 0.6) is 5.75 Å². The molecule has 0 unspecified atom stereocenters. The van der Waals surface area contributed by atoms with Crippen molar-refractivity contribution >= 4 is 11.6 Å². The van der Waals surface area contributed by atoms with Crippen molar-refractivity contribution in [3.63, 3.8) is 0 Å². The Labute approximate surface area is 147 Å². The van der Waals surface area contributed by atoms with Crippen molar-refractivity contribution in [2.24, 2.45) is 0 Å². The molecule has 0 spiro atoms. The Bertz CT molecular complexity index is 791. The van der Waals surface area contributed by atoms with Crippen LogP contribution in [0, 0.1) is 19.7 Å². The Morgan fingerprint density at radius 2 is 1.92 bits per heavy atom. The molecular formula is C20H23FN2O2. The van der Waals surface area contributed by atoms with Gasteiger partial charge in [0.05, 0.1) is 18.8 Å². The Morgan fingerprint density at radius 3 is 2.64 bits per heavy atom. The molecule has 0 aromatic heterocycles. The zero-order chi connectivity index (χ0) is 18.0. The van der Waals surface area contributed by atoms with Crippen molar-refractivity contribution in [2.75, 3.05) is 19.0 Å². The summed E-state index contributed by atoms with van der Waals surface area (Å²) in [6.45, 7) is 4.42. The zero-order valence-electron chi connectivity index (χ0n) is 14.7. The normalized spacial score (nSPS) is 19.7. The summed E-state index contributed by atoms with van der Waals surface area (Å²) in [5.74, 6) is 0.300. The van der Waals surface area contributed by atoms with Crippen molar-refractivity contribution < 1.29 is 13.9 Å². The highest BCUT2D eigenvalue weighted by molar-refractivity contribution is 5.96. The first-order chi connectivity index (χ1) is 12.0. The highest BCUT2D eigenvalue weighted by Crippen LogP contribution is 2.30. The van der Waals surface area contributed by atoms with Crippen molar-refractivity contribution in [3.05, 3.63) is 58.9 Å². The van der Waals surface area contributed by atoms with Gasteiger partial charge in [-0.05, 0) is 55.2 Å². The van der Waals surface area contributed by atoms with E-state index in [1.165, 1.54) is 0 Å². The fraction of sp³-hybridized carbons (Fsp3) is 0.350. The molecule has 2 aromatic carbocycles. The smallest absolute Gasteiger partial charge is 0.241 e. The molecule has 1 aliphatic rings. The molecule has 1 heterocycles. The van der Waals surface area contributed by atoms with Crippen LogP contribution >= 0.6 is 0 Å². The molecule has 1 saturated heterocycles. The number of aryl methyl sites for hydroxylation is 2. The Kier molecular flexibility index (Phi) is 5.04. The fourth-order valence-corrected chi connectivity index (χ4v) is 3.26. The van der Waals surface area contributed by atoms with Gasteiger partial charge in [-0.2, -0.15) is 0 Å². The summed E-state index contributed by atoms with van der Waals surface area (Å²) in [7, 11) is 1.58. The third-order valence-electron chi connectivity index (χ3n) is 4.66. The summed E-state index contributed by atoms with van der Waals surface area (Å²) in [6, 6.07) is 10.5. The third-order valence-corrected chi connectivity index (χ3v) is 4.66. The lowest BCUT2D eigenvalue weighted by Crippen LogP contribution is -2.35. The monoisotopic (exact) mass is 342 g/mol. The maximum atomic E-state index is 14.2. The lowest BCUT2D eigenvalue weighted by molar-refractivity contribution is -0.117. The number of carbonyl (C=O) groups excluding carboxylic acids is 1. The van der Waals surface area contributed by atoms with E-state index in [1.54, 1.807) is 13.2 Å². The predicted molar refractivity (Wildman–Crippen MR) is 96.6 cm³/mol. The number of nitrogens with one attached hydrogen (secondary N) is 2. The van der Waals surface area contributed by atoms with E-state index in [-0.39, 0.29) is 23.7 Å². The third kappa shape index (κ3) is 3.82. The molecule has 0 bridgehead atoms. The second kappa shape index (κ2) is 7.23. The van der Waals surface area contributed by atoms with Crippen LogP contribution in [0.1, 0.15) is 29.0 Å². The zero-order valence-corrected chi connectivity index (χ0v) is 14.7. The van der Waals surface area contributed by atoms with Gasteiger partial charge in [-0.1, -0.05) is 18.2 Å². The van der Waals surface area contributed by atoms with Gasteiger partial charge in [-0.3, -0.25) is 4.79 Å². The van der Waals surface area contributed by atoms with Gasteiger partial charge in [-0.25, -0.2) is 4.39 Å². The molecule has 1 aliphatic heterocycles. The number of carbonyl (C=O) groups is 1. The van der Waals surface area contributed by atoms with Gasteiger partial charge in [0, 0.05) is 12.5 Å². The molecule has 4 nitrogen and oxygen atoms in total. The highest BCUT2D eigenvalue weighted by atomic mass is 19.1. The summed E-state index contributed by atoms with van der Waals surface area (Å²) in [4.78, 5) is 12.6. The number of benzene rings is 2. The molecular weight excluding hydrogens is 319 g/mol. The molecule has 3 rings (SSSR count). The number of rotatable bonds is 4. The van der Waals surface area contributed by atoms with Gasteiger partial charge in [0.15, 0.2) is 0 Å². The molecule has 0 radical (unpaired) electrons. The van der Waals surface area contributed by atoms with Gasteiger partial charge in [0.25, 0.3) is 0 Å². The summed E-state index contributed by atoms with van der Waals surface area (Å²) in [6.07, 6.45) is 0.569. The fourth-order valence-electron chi connectivity index (χ4n) is 3.26. The highest BCUT2D eigenvalue weighted by Gasteiger charge is 2.32. The van der Waals surface area contributed by atoms with Crippen LogP contribution in [0.4, 0.5) is 10.1 Å². The Balaban J connectivity index is 1.68. The molecule has 2 aromatic rings. The van der Waals surface area contributed by atoms with Gasteiger partial charge in [0.2, 0.25) is 5.91 Å². The van der Waals surface area contributed by atoms with Crippen LogP contribution in [-0.4, -0.2) is 25.6 Å². The van der Waals surface area contributed by atoms with Crippen molar-refractivity contribution in [1.29, 1.82) is 0 Å². The molecule has 0 aliphatic carbocycles. The first kappa shape index (κ1) is 17.4. The van der Waals surface area contributed by atoms with Crippen molar-refractivity contribution in [1.82, 2.24) is 5.32 Å². The van der Waals surface area contributed by atoms with E-state index in [9.17, 15) is 9.18 Å². The lowest BCUT2D eigenvalue weighted by atomic mass is 9.94. The Morgan fingerprint density at radius 1 is 1.20 bits per heavy atom. The van der Waals surface area contributed by atoms with E-state index >= 15 is 0 Å². The van der Waals surface area contributed by atoms with Crippen LogP contribution in [-0.2, 0) is 4.79 Å². The maximum absolute atomic E-state index is 14.2. The lowest BCUT2D eigenvalue weighted by Gasteiger charge is -2.15. The number of ether oxygens (including phenoxy) is 1. The van der Waals surface area contributed by atoms with Crippen molar-refractivity contribution in [2.45, 2.75) is 32.2 Å². The quantitative estimate of drug-likeness (QED) is 0.894. The number of halogens is 1. The van der Waals surface area contributed by atoms with E-state index in [1.807, 2.05) is 44.2 Å². The molecule has 1 fully saturated rings. The Hall–Kier alpha value is -2.40.